The Kier molecular flexibility index (Phi) is 3.28. The van der Waals surface area contributed by atoms with Crippen LogP contribution in [0, 0.1) is 0 Å². The van der Waals surface area contributed by atoms with Crippen LogP contribution in [0.25, 0.3) is 0 Å². The number of hydrogen-bond donors (Lipinski definition) is 1. The topological polar surface area (TPSA) is 57.6 Å². The normalized spacial score (nSPS) is 22.4. The molecule has 0 bridgehead atoms. The third kappa shape index (κ3) is 2.61. The van der Waals surface area contributed by atoms with Crippen molar-refractivity contribution in [2.75, 3.05) is 6.54 Å². The Bertz CT molecular complexity index is 444. The van der Waals surface area contributed by atoms with Crippen molar-refractivity contribution in [2.24, 2.45) is 0 Å². The van der Waals surface area contributed by atoms with Crippen LogP contribution in [0.15, 0.2) is 30.3 Å². The standard InChI is InChI=1S/C11H15NO3S/c13-16(14,15)12-8-4-7-11(12)9-10-5-2-1-3-6-10/h1-3,5-6,11H,4,7-9H2,(H,13,14,15). The molecule has 16 heavy (non-hydrogen) atoms. The molecule has 1 aliphatic rings. The fourth-order valence-electron chi connectivity index (χ4n) is 2.20. The van der Waals surface area contributed by atoms with Gasteiger partial charge in [0.2, 0.25) is 0 Å². The van der Waals surface area contributed by atoms with E-state index in [4.69, 9.17) is 4.55 Å². The van der Waals surface area contributed by atoms with Crippen molar-refractivity contribution in [3.63, 3.8) is 0 Å². The SMILES string of the molecule is O=S(=O)(O)N1CCCC1Cc1ccccc1. The van der Waals surface area contributed by atoms with Crippen LogP contribution in [0.2, 0.25) is 0 Å². The molecule has 0 amide bonds. The van der Waals surface area contributed by atoms with E-state index in [1.165, 1.54) is 4.31 Å². The molecule has 2 rings (SSSR count). The monoisotopic (exact) mass is 241 g/mol. The van der Waals surface area contributed by atoms with Crippen LogP contribution in [-0.4, -0.2) is 29.9 Å². The molecule has 0 saturated carbocycles. The first-order valence-corrected chi connectivity index (χ1v) is 6.75. The predicted octanol–water partition coefficient (Wildman–Crippen LogP) is 1.50. The maximum atomic E-state index is 11.1. The lowest BCUT2D eigenvalue weighted by Crippen LogP contribution is -2.36. The molecular formula is C11H15NO3S. The summed E-state index contributed by atoms with van der Waals surface area (Å²) < 4.78 is 32.5. The largest absolute Gasteiger partial charge is 0.336 e. The second-order valence-corrected chi connectivity index (χ2v) is 5.44. The molecule has 4 nitrogen and oxygen atoms in total. The Morgan fingerprint density at radius 3 is 2.62 bits per heavy atom. The van der Waals surface area contributed by atoms with Crippen molar-refractivity contribution in [1.29, 1.82) is 0 Å². The summed E-state index contributed by atoms with van der Waals surface area (Å²) in [7, 11) is -4.04. The van der Waals surface area contributed by atoms with Crippen molar-refractivity contribution in [1.82, 2.24) is 4.31 Å². The zero-order valence-electron chi connectivity index (χ0n) is 8.91. The highest BCUT2D eigenvalue weighted by molar-refractivity contribution is 7.83. The van der Waals surface area contributed by atoms with Crippen LogP contribution in [0.5, 0.6) is 0 Å². The van der Waals surface area contributed by atoms with Gasteiger partial charge in [-0.1, -0.05) is 30.3 Å². The van der Waals surface area contributed by atoms with Gasteiger partial charge in [0.1, 0.15) is 0 Å². The van der Waals surface area contributed by atoms with Crippen LogP contribution in [-0.2, 0) is 16.7 Å². The van der Waals surface area contributed by atoms with Crippen LogP contribution >= 0.6 is 0 Å². The van der Waals surface area contributed by atoms with Crippen LogP contribution in [0.3, 0.4) is 0 Å². The second kappa shape index (κ2) is 4.53. The number of rotatable bonds is 3. The van der Waals surface area contributed by atoms with Gasteiger partial charge in [0.05, 0.1) is 0 Å². The molecule has 1 aromatic carbocycles. The van der Waals surface area contributed by atoms with Gasteiger partial charge in [-0.2, -0.15) is 12.7 Å². The highest BCUT2D eigenvalue weighted by Crippen LogP contribution is 2.23. The lowest BCUT2D eigenvalue weighted by molar-refractivity contribution is 0.334. The van der Waals surface area contributed by atoms with Gasteiger partial charge in [0.15, 0.2) is 0 Å². The van der Waals surface area contributed by atoms with Crippen LogP contribution in [0.1, 0.15) is 18.4 Å². The van der Waals surface area contributed by atoms with Crippen molar-refractivity contribution in [3.8, 4) is 0 Å². The molecule has 1 aliphatic heterocycles. The smallest absolute Gasteiger partial charge is 0.273 e. The van der Waals surface area contributed by atoms with Gasteiger partial charge in [0, 0.05) is 12.6 Å². The zero-order valence-corrected chi connectivity index (χ0v) is 9.73. The second-order valence-electron chi connectivity index (χ2n) is 4.07. The minimum absolute atomic E-state index is 0.0996. The third-order valence-corrected chi connectivity index (χ3v) is 4.01. The van der Waals surface area contributed by atoms with E-state index in [0.717, 1.165) is 18.4 Å². The van der Waals surface area contributed by atoms with E-state index in [-0.39, 0.29) is 6.04 Å². The molecule has 1 heterocycles. The van der Waals surface area contributed by atoms with Gasteiger partial charge in [-0.3, -0.25) is 4.55 Å². The Hall–Kier alpha value is -0.910. The fourth-order valence-corrected chi connectivity index (χ4v) is 3.12. The molecule has 1 saturated heterocycles. The maximum absolute atomic E-state index is 11.1. The molecular weight excluding hydrogens is 226 g/mol. The first-order valence-electron chi connectivity index (χ1n) is 5.35. The Balaban J connectivity index is 2.11. The lowest BCUT2D eigenvalue weighted by Gasteiger charge is -2.20. The van der Waals surface area contributed by atoms with E-state index in [1.807, 2.05) is 30.3 Å². The minimum Gasteiger partial charge on any atom is -0.273 e. The van der Waals surface area contributed by atoms with E-state index >= 15 is 0 Å². The Labute approximate surface area is 95.8 Å². The van der Waals surface area contributed by atoms with Gasteiger partial charge < -0.3 is 0 Å². The molecule has 0 radical (unpaired) electrons. The van der Waals surface area contributed by atoms with Gasteiger partial charge in [-0.15, -0.1) is 0 Å². The molecule has 0 aliphatic carbocycles. The van der Waals surface area contributed by atoms with E-state index < -0.39 is 10.3 Å². The van der Waals surface area contributed by atoms with Gasteiger partial charge in [0.25, 0.3) is 0 Å². The lowest BCUT2D eigenvalue weighted by atomic mass is 10.1. The van der Waals surface area contributed by atoms with E-state index in [2.05, 4.69) is 0 Å². The summed E-state index contributed by atoms with van der Waals surface area (Å²) in [4.78, 5) is 0. The number of benzene rings is 1. The molecule has 0 spiro atoms. The summed E-state index contributed by atoms with van der Waals surface area (Å²) in [5, 5.41) is 0. The van der Waals surface area contributed by atoms with Crippen LogP contribution < -0.4 is 0 Å². The molecule has 1 N–H and O–H groups in total. The zero-order chi connectivity index (χ0) is 11.6. The molecule has 1 fully saturated rings. The molecule has 1 atom stereocenters. The maximum Gasteiger partial charge on any atom is 0.336 e. The summed E-state index contributed by atoms with van der Waals surface area (Å²) >= 11 is 0. The summed E-state index contributed by atoms with van der Waals surface area (Å²) in [6.07, 6.45) is 2.30. The molecule has 1 aromatic rings. The molecule has 1 unspecified atom stereocenters. The average molecular weight is 241 g/mol. The minimum atomic E-state index is -4.04. The summed E-state index contributed by atoms with van der Waals surface area (Å²) in [5.74, 6) is 0. The Morgan fingerprint density at radius 2 is 2.00 bits per heavy atom. The van der Waals surface area contributed by atoms with Gasteiger partial charge in [-0.25, -0.2) is 0 Å². The van der Waals surface area contributed by atoms with Crippen molar-refractivity contribution >= 4 is 10.3 Å². The molecule has 0 aromatic heterocycles. The molecule has 5 heteroatoms. The summed E-state index contributed by atoms with van der Waals surface area (Å²) in [6.45, 7) is 0.427. The van der Waals surface area contributed by atoms with Gasteiger partial charge >= 0.3 is 10.3 Å². The van der Waals surface area contributed by atoms with Crippen molar-refractivity contribution < 1.29 is 13.0 Å². The average Bonchev–Trinajstić information content (AvgIpc) is 2.67. The van der Waals surface area contributed by atoms with Crippen LogP contribution in [0.4, 0.5) is 0 Å². The van der Waals surface area contributed by atoms with Crippen molar-refractivity contribution in [3.05, 3.63) is 35.9 Å². The van der Waals surface area contributed by atoms with Crippen molar-refractivity contribution in [2.45, 2.75) is 25.3 Å². The van der Waals surface area contributed by atoms with Gasteiger partial charge in [-0.05, 0) is 24.8 Å². The summed E-state index contributed by atoms with van der Waals surface area (Å²) in [5.41, 5.74) is 1.10. The Morgan fingerprint density at radius 1 is 1.31 bits per heavy atom. The predicted molar refractivity (Wildman–Crippen MR) is 61.4 cm³/mol. The highest BCUT2D eigenvalue weighted by Gasteiger charge is 2.32. The number of hydrogen-bond acceptors (Lipinski definition) is 2. The van der Waals surface area contributed by atoms with E-state index in [0.29, 0.717) is 13.0 Å². The van der Waals surface area contributed by atoms with E-state index in [9.17, 15) is 8.42 Å². The summed E-state index contributed by atoms with van der Waals surface area (Å²) in [6, 6.07) is 9.64. The quantitative estimate of drug-likeness (QED) is 0.816. The first kappa shape index (κ1) is 11.6. The fraction of sp³-hybridized carbons (Fsp3) is 0.455. The first-order chi connectivity index (χ1) is 7.57. The molecule has 88 valence electrons. The van der Waals surface area contributed by atoms with E-state index in [1.54, 1.807) is 0 Å². The third-order valence-electron chi connectivity index (χ3n) is 2.93. The highest BCUT2D eigenvalue weighted by atomic mass is 32.2. The number of nitrogens with zero attached hydrogens (tertiary/aromatic N) is 1.